The number of amides is 1. The van der Waals surface area contributed by atoms with Gasteiger partial charge in [0.2, 0.25) is 0 Å². The molecule has 1 aliphatic rings. The molecule has 3 heterocycles. The zero-order valence-electron chi connectivity index (χ0n) is 14.5. The van der Waals surface area contributed by atoms with Crippen molar-refractivity contribution in [3.05, 3.63) is 65.5 Å². The van der Waals surface area contributed by atoms with E-state index in [0.717, 1.165) is 33.4 Å². The highest BCUT2D eigenvalue weighted by atomic mass is 16.5. The van der Waals surface area contributed by atoms with Gasteiger partial charge in [-0.3, -0.25) is 9.89 Å². The van der Waals surface area contributed by atoms with Crippen LogP contribution in [0.1, 0.15) is 21.8 Å². The number of nitrogens with one attached hydrogen (secondary N) is 1. The summed E-state index contributed by atoms with van der Waals surface area (Å²) in [6, 6.07) is 15.8. The van der Waals surface area contributed by atoms with Crippen LogP contribution in [0.25, 0.3) is 22.0 Å². The highest BCUT2D eigenvalue weighted by molar-refractivity contribution is 5.97. The number of anilines is 1. The Bertz CT molecular complexity index is 1150. The minimum Gasteiger partial charge on any atom is -0.382 e. The number of hydrogen-bond donors (Lipinski definition) is 2. The fourth-order valence-corrected chi connectivity index (χ4v) is 3.64. The minimum atomic E-state index is -0.130. The van der Waals surface area contributed by atoms with E-state index in [1.54, 1.807) is 11.0 Å². The van der Waals surface area contributed by atoms with Crippen LogP contribution in [-0.4, -0.2) is 32.7 Å². The van der Waals surface area contributed by atoms with Crippen molar-refractivity contribution in [1.29, 1.82) is 0 Å². The molecule has 0 atom stereocenters. The zero-order chi connectivity index (χ0) is 18.4. The quantitative estimate of drug-likeness (QED) is 0.573. The largest absolute Gasteiger partial charge is 0.382 e. The first-order valence-corrected chi connectivity index (χ1v) is 8.76. The summed E-state index contributed by atoms with van der Waals surface area (Å²) in [5.74, 6) is 1.01. The highest BCUT2D eigenvalue weighted by Gasteiger charge is 2.29. The Labute approximate surface area is 154 Å². The lowest BCUT2D eigenvalue weighted by Crippen LogP contribution is -2.35. The Morgan fingerprint density at radius 2 is 2.04 bits per heavy atom. The van der Waals surface area contributed by atoms with Gasteiger partial charge in [-0.05, 0) is 10.8 Å². The SMILES string of the molecule is Nc1cc(C(=O)N2CCc3onc(-c4cccc5ccccc45)c3C2)[nH]n1. The number of H-pyrrole nitrogens is 1. The lowest BCUT2D eigenvalue weighted by Gasteiger charge is -2.25. The number of carbonyl (C=O) groups excluding carboxylic acids is 1. The van der Waals surface area contributed by atoms with Crippen LogP contribution >= 0.6 is 0 Å². The normalized spacial score (nSPS) is 13.7. The molecular weight excluding hydrogens is 342 g/mol. The van der Waals surface area contributed by atoms with E-state index in [9.17, 15) is 4.79 Å². The minimum absolute atomic E-state index is 0.130. The summed E-state index contributed by atoms with van der Waals surface area (Å²) in [4.78, 5) is 14.5. The van der Waals surface area contributed by atoms with Crippen LogP contribution in [-0.2, 0) is 13.0 Å². The van der Waals surface area contributed by atoms with E-state index in [0.29, 0.717) is 31.0 Å². The van der Waals surface area contributed by atoms with Crippen LogP contribution in [0.2, 0.25) is 0 Å². The molecule has 0 saturated carbocycles. The van der Waals surface area contributed by atoms with Gasteiger partial charge in [-0.2, -0.15) is 5.10 Å². The van der Waals surface area contributed by atoms with Crippen molar-refractivity contribution in [3.8, 4) is 11.3 Å². The van der Waals surface area contributed by atoms with Gasteiger partial charge in [-0.15, -0.1) is 0 Å². The first kappa shape index (κ1) is 15.6. The van der Waals surface area contributed by atoms with E-state index in [1.165, 1.54) is 0 Å². The molecule has 1 amide bonds. The van der Waals surface area contributed by atoms with Gasteiger partial charge in [0.1, 0.15) is 23.0 Å². The number of nitrogens with zero attached hydrogens (tertiary/aromatic N) is 3. The molecule has 5 rings (SSSR count). The fourth-order valence-electron chi connectivity index (χ4n) is 3.64. The molecule has 7 nitrogen and oxygen atoms in total. The van der Waals surface area contributed by atoms with Crippen molar-refractivity contribution in [2.45, 2.75) is 13.0 Å². The smallest absolute Gasteiger partial charge is 0.272 e. The first-order chi connectivity index (χ1) is 13.2. The second-order valence-corrected chi connectivity index (χ2v) is 6.64. The van der Waals surface area contributed by atoms with E-state index in [1.807, 2.05) is 24.3 Å². The number of nitrogen functional groups attached to an aromatic ring is 1. The summed E-state index contributed by atoms with van der Waals surface area (Å²) in [5.41, 5.74) is 8.77. The van der Waals surface area contributed by atoms with Crippen LogP contribution < -0.4 is 5.73 Å². The Morgan fingerprint density at radius 1 is 1.19 bits per heavy atom. The summed E-state index contributed by atoms with van der Waals surface area (Å²) in [6.07, 6.45) is 0.627. The summed E-state index contributed by atoms with van der Waals surface area (Å²) >= 11 is 0. The van der Waals surface area contributed by atoms with Gasteiger partial charge in [0.05, 0.1) is 6.54 Å². The molecular formula is C20H17N5O2. The molecule has 1 aliphatic heterocycles. The fraction of sp³-hybridized carbons (Fsp3) is 0.150. The molecule has 134 valence electrons. The molecule has 0 saturated heterocycles. The van der Waals surface area contributed by atoms with Crippen LogP contribution in [0.4, 0.5) is 5.82 Å². The highest BCUT2D eigenvalue weighted by Crippen LogP contribution is 2.34. The number of benzene rings is 2. The first-order valence-electron chi connectivity index (χ1n) is 8.76. The molecule has 0 aliphatic carbocycles. The Balaban J connectivity index is 1.54. The Kier molecular flexibility index (Phi) is 3.46. The maximum Gasteiger partial charge on any atom is 0.272 e. The van der Waals surface area contributed by atoms with Crippen molar-refractivity contribution < 1.29 is 9.32 Å². The standard InChI is InChI=1S/C20H17N5O2/c21-18-10-16(22-23-18)20(26)25-9-8-17-15(11-25)19(24-27-17)14-7-3-5-12-4-1-2-6-13(12)14/h1-7,10H,8-9,11H2,(H3,21,22,23). The Hall–Kier alpha value is -3.61. The molecule has 0 unspecified atom stereocenters. The molecule has 4 aromatic rings. The molecule has 3 N–H and O–H groups in total. The number of hydrogen-bond acceptors (Lipinski definition) is 5. The third-order valence-corrected chi connectivity index (χ3v) is 4.99. The van der Waals surface area contributed by atoms with Crippen LogP contribution in [0, 0.1) is 0 Å². The lowest BCUT2D eigenvalue weighted by molar-refractivity contribution is 0.0723. The van der Waals surface area contributed by atoms with E-state index < -0.39 is 0 Å². The van der Waals surface area contributed by atoms with Crippen molar-refractivity contribution in [1.82, 2.24) is 20.3 Å². The molecule has 0 bridgehead atoms. The van der Waals surface area contributed by atoms with Gasteiger partial charge in [0, 0.05) is 30.2 Å². The number of nitrogens with two attached hydrogens (primary N) is 1. The maximum atomic E-state index is 12.8. The van der Waals surface area contributed by atoms with E-state index in [2.05, 4.69) is 33.6 Å². The van der Waals surface area contributed by atoms with Crippen LogP contribution in [0.15, 0.2) is 53.1 Å². The van der Waals surface area contributed by atoms with E-state index >= 15 is 0 Å². The molecule has 0 fully saturated rings. The van der Waals surface area contributed by atoms with E-state index in [-0.39, 0.29) is 5.91 Å². The lowest BCUT2D eigenvalue weighted by atomic mass is 9.97. The number of rotatable bonds is 2. The van der Waals surface area contributed by atoms with Gasteiger partial charge in [-0.25, -0.2) is 0 Å². The molecule has 7 heteroatoms. The number of aromatic amines is 1. The monoisotopic (exact) mass is 359 g/mol. The van der Waals surface area contributed by atoms with Crippen molar-refractivity contribution in [3.63, 3.8) is 0 Å². The van der Waals surface area contributed by atoms with Gasteiger partial charge >= 0.3 is 0 Å². The number of fused-ring (bicyclic) bond motifs is 2. The van der Waals surface area contributed by atoms with Crippen LogP contribution in [0.5, 0.6) is 0 Å². The maximum absolute atomic E-state index is 12.8. The third-order valence-electron chi connectivity index (χ3n) is 4.99. The van der Waals surface area contributed by atoms with Gasteiger partial charge < -0.3 is 15.2 Å². The average molecular weight is 359 g/mol. The summed E-state index contributed by atoms with van der Waals surface area (Å²) in [5, 5.41) is 13.1. The summed E-state index contributed by atoms with van der Waals surface area (Å²) < 4.78 is 5.60. The second kappa shape index (κ2) is 5.98. The molecule has 27 heavy (non-hydrogen) atoms. The average Bonchev–Trinajstić information content (AvgIpc) is 3.32. The van der Waals surface area contributed by atoms with Crippen molar-refractivity contribution in [2.75, 3.05) is 12.3 Å². The molecule has 0 spiro atoms. The second-order valence-electron chi connectivity index (χ2n) is 6.64. The third kappa shape index (κ3) is 2.55. The van der Waals surface area contributed by atoms with Crippen LogP contribution in [0.3, 0.4) is 0 Å². The number of carbonyl (C=O) groups is 1. The van der Waals surface area contributed by atoms with Crippen molar-refractivity contribution in [2.24, 2.45) is 0 Å². The predicted molar refractivity (Wildman–Crippen MR) is 101 cm³/mol. The topological polar surface area (TPSA) is 101 Å². The number of aromatic nitrogens is 3. The Morgan fingerprint density at radius 3 is 2.89 bits per heavy atom. The van der Waals surface area contributed by atoms with Crippen molar-refractivity contribution >= 4 is 22.5 Å². The molecule has 2 aromatic carbocycles. The van der Waals surface area contributed by atoms with Gasteiger partial charge in [-0.1, -0.05) is 47.6 Å². The summed E-state index contributed by atoms with van der Waals surface area (Å²) in [6.45, 7) is 1.00. The molecule has 2 aromatic heterocycles. The van der Waals surface area contributed by atoms with Gasteiger partial charge in [0.25, 0.3) is 5.91 Å². The molecule has 0 radical (unpaired) electrons. The zero-order valence-corrected chi connectivity index (χ0v) is 14.5. The van der Waals surface area contributed by atoms with Gasteiger partial charge in [0.15, 0.2) is 0 Å². The predicted octanol–water partition coefficient (Wildman–Crippen LogP) is 3.00. The summed E-state index contributed by atoms with van der Waals surface area (Å²) in [7, 11) is 0. The van der Waals surface area contributed by atoms with E-state index in [4.69, 9.17) is 10.3 Å².